The minimum atomic E-state index is -3.76. The van der Waals surface area contributed by atoms with E-state index in [1.165, 1.54) is 6.33 Å². The van der Waals surface area contributed by atoms with Gasteiger partial charge in [0.25, 0.3) is 0 Å². The highest BCUT2D eigenvalue weighted by molar-refractivity contribution is 7.59. The second kappa shape index (κ2) is 13.2. The number of imidazole rings is 1. The molecule has 2 bridgehead atoms. The quantitative estimate of drug-likeness (QED) is 0.123. The summed E-state index contributed by atoms with van der Waals surface area (Å²) in [7, 11) is -3.76. The molecule has 0 amide bonds. The van der Waals surface area contributed by atoms with Gasteiger partial charge in [-0.25, -0.2) is 25.1 Å². The van der Waals surface area contributed by atoms with E-state index in [1.54, 1.807) is 38.6 Å². The van der Waals surface area contributed by atoms with Gasteiger partial charge in [-0.2, -0.15) is 0 Å². The molecule has 13 nitrogen and oxygen atoms in total. The molecule has 43 heavy (non-hydrogen) atoms. The van der Waals surface area contributed by atoms with Crippen LogP contribution in [-0.4, -0.2) is 68.2 Å². The first-order chi connectivity index (χ1) is 20.2. The van der Waals surface area contributed by atoms with Crippen molar-refractivity contribution in [2.75, 3.05) is 25.3 Å². The van der Waals surface area contributed by atoms with Gasteiger partial charge in [0.2, 0.25) is 7.44 Å². The highest BCUT2D eigenvalue weighted by atomic mass is 31.2. The van der Waals surface area contributed by atoms with E-state index in [0.29, 0.717) is 24.3 Å². The van der Waals surface area contributed by atoms with E-state index in [9.17, 15) is 14.2 Å². The SMILES string of the molecule is CCCCCCOC(=O)C(C)(C)NP(=O)(CO[C@H](C)Cn1cnc2c(N)ncnc21)NC(C)(C)C(=O)OCC12CC(C1)C2. The lowest BCUT2D eigenvalue weighted by Gasteiger charge is -2.61. The monoisotopic (exact) mass is 621 g/mol. The van der Waals surface area contributed by atoms with Crippen molar-refractivity contribution in [3.05, 3.63) is 12.7 Å². The van der Waals surface area contributed by atoms with Crippen LogP contribution in [0.2, 0.25) is 0 Å². The number of rotatable bonds is 18. The summed E-state index contributed by atoms with van der Waals surface area (Å²) in [5.41, 5.74) is 4.40. The summed E-state index contributed by atoms with van der Waals surface area (Å²) < 4.78 is 33.5. The van der Waals surface area contributed by atoms with Crippen LogP contribution >= 0.6 is 7.44 Å². The van der Waals surface area contributed by atoms with Gasteiger partial charge in [0.1, 0.15) is 29.3 Å². The first kappa shape index (κ1) is 33.3. The number of carbonyl (C=O) groups excluding carboxylic acids is 2. The van der Waals surface area contributed by atoms with Crippen molar-refractivity contribution >= 4 is 36.4 Å². The Morgan fingerprint density at radius 2 is 1.72 bits per heavy atom. The fourth-order valence-corrected chi connectivity index (χ4v) is 8.43. The molecule has 2 atom stereocenters. The van der Waals surface area contributed by atoms with Gasteiger partial charge in [0.05, 0.1) is 32.2 Å². The summed E-state index contributed by atoms with van der Waals surface area (Å²) in [4.78, 5) is 38.7. The number of nitrogens with zero attached hydrogens (tertiary/aromatic N) is 4. The van der Waals surface area contributed by atoms with Crippen molar-refractivity contribution in [2.45, 2.75) is 110 Å². The second-order valence-corrected chi connectivity index (χ2v) is 15.6. The van der Waals surface area contributed by atoms with Crippen LogP contribution in [0.15, 0.2) is 12.7 Å². The van der Waals surface area contributed by atoms with Crippen LogP contribution in [0, 0.1) is 11.3 Å². The zero-order chi connectivity index (χ0) is 31.5. The molecule has 14 heteroatoms. The molecule has 3 fully saturated rings. The molecular formula is C29H48N7O6P. The van der Waals surface area contributed by atoms with Crippen molar-refractivity contribution in [3.8, 4) is 0 Å². The molecule has 0 aliphatic heterocycles. The van der Waals surface area contributed by atoms with Crippen LogP contribution in [0.1, 0.15) is 86.5 Å². The second-order valence-electron chi connectivity index (χ2n) is 13.4. The molecule has 0 radical (unpaired) electrons. The summed E-state index contributed by atoms with van der Waals surface area (Å²) in [6, 6.07) is 0. The van der Waals surface area contributed by atoms with Crippen molar-refractivity contribution in [3.63, 3.8) is 0 Å². The minimum absolute atomic E-state index is 0.118. The largest absolute Gasteiger partial charge is 0.464 e. The minimum Gasteiger partial charge on any atom is -0.464 e. The predicted octanol–water partition coefficient (Wildman–Crippen LogP) is 4.17. The third-order valence-corrected chi connectivity index (χ3v) is 10.6. The summed E-state index contributed by atoms with van der Waals surface area (Å²) >= 11 is 0. The number of ether oxygens (including phenoxy) is 3. The highest BCUT2D eigenvalue weighted by Gasteiger charge is 2.57. The van der Waals surface area contributed by atoms with E-state index in [-0.39, 0.29) is 24.2 Å². The van der Waals surface area contributed by atoms with Crippen molar-refractivity contribution in [1.82, 2.24) is 29.7 Å². The van der Waals surface area contributed by atoms with E-state index in [1.807, 2.05) is 6.92 Å². The zero-order valence-corrected chi connectivity index (χ0v) is 27.2. The van der Waals surface area contributed by atoms with Crippen LogP contribution < -0.4 is 15.9 Å². The third-order valence-electron chi connectivity index (χ3n) is 8.27. The van der Waals surface area contributed by atoms with Crippen molar-refractivity contribution in [2.24, 2.45) is 11.3 Å². The first-order valence-corrected chi connectivity index (χ1v) is 17.1. The van der Waals surface area contributed by atoms with Crippen LogP contribution in [0.3, 0.4) is 0 Å². The molecule has 0 saturated heterocycles. The Labute approximate surface area is 253 Å². The Morgan fingerprint density at radius 1 is 1.07 bits per heavy atom. The molecule has 2 aromatic heterocycles. The van der Waals surface area contributed by atoms with Gasteiger partial charge in [0.15, 0.2) is 11.5 Å². The maximum absolute atomic E-state index is 14.5. The summed E-state index contributed by atoms with van der Waals surface area (Å²) in [6.07, 6.45) is 9.35. The molecule has 3 saturated carbocycles. The average molecular weight is 622 g/mol. The van der Waals surface area contributed by atoms with Gasteiger partial charge in [-0.05, 0) is 66.2 Å². The number of carbonyl (C=O) groups is 2. The van der Waals surface area contributed by atoms with Crippen LogP contribution in [0.5, 0.6) is 0 Å². The molecule has 2 aromatic rings. The van der Waals surface area contributed by atoms with E-state index in [2.05, 4.69) is 32.1 Å². The molecule has 4 N–H and O–H groups in total. The van der Waals surface area contributed by atoms with Gasteiger partial charge in [0, 0.05) is 5.41 Å². The molecule has 3 aliphatic rings. The molecular weight excluding hydrogens is 573 g/mol. The lowest BCUT2D eigenvalue weighted by Crippen LogP contribution is -2.57. The average Bonchev–Trinajstić information content (AvgIpc) is 3.28. The third kappa shape index (κ3) is 8.12. The van der Waals surface area contributed by atoms with E-state index in [4.69, 9.17) is 19.9 Å². The number of aromatic nitrogens is 4. The normalized spacial score (nSPS) is 21.9. The summed E-state index contributed by atoms with van der Waals surface area (Å²) in [5.74, 6) is 0.000919. The summed E-state index contributed by atoms with van der Waals surface area (Å²) in [5, 5.41) is 5.95. The van der Waals surface area contributed by atoms with Crippen molar-refractivity contribution in [1.29, 1.82) is 0 Å². The van der Waals surface area contributed by atoms with Gasteiger partial charge in [-0.15, -0.1) is 0 Å². The van der Waals surface area contributed by atoms with E-state index >= 15 is 0 Å². The van der Waals surface area contributed by atoms with Gasteiger partial charge in [-0.3, -0.25) is 14.2 Å². The number of esters is 2. The maximum Gasteiger partial charge on any atom is 0.326 e. The number of unbranched alkanes of at least 4 members (excludes halogenated alkanes) is 3. The van der Waals surface area contributed by atoms with Crippen LogP contribution in [0.4, 0.5) is 5.82 Å². The number of nitrogens with two attached hydrogens (primary N) is 1. The number of hydrogen-bond donors (Lipinski definition) is 3. The molecule has 240 valence electrons. The Balaban J connectivity index is 1.43. The standard InChI is InChI=1S/C29H48N7O6P/c1-7-8-9-10-11-40-25(37)27(3,4)34-43(39,35-28(5,6)26(38)41-16-29-12-21(13-29)14-29)19-42-20(2)15-36-18-33-22-23(30)31-17-32-24(22)36/h17-18,20-21H,7-16,19H2,1-6H3,(H2,30,31,32)(H2,34,35,39)/t20-,21?,29?,43?/m1/s1. The van der Waals surface area contributed by atoms with E-state index in [0.717, 1.165) is 50.9 Å². The molecule has 0 spiro atoms. The fraction of sp³-hybridized carbons (Fsp3) is 0.759. The topological polar surface area (TPSA) is 173 Å². The Morgan fingerprint density at radius 3 is 2.33 bits per heavy atom. The predicted molar refractivity (Wildman–Crippen MR) is 163 cm³/mol. The lowest BCUT2D eigenvalue weighted by molar-refractivity contribution is -0.178. The van der Waals surface area contributed by atoms with Gasteiger partial charge < -0.3 is 24.5 Å². The highest BCUT2D eigenvalue weighted by Crippen LogP contribution is 2.64. The zero-order valence-electron chi connectivity index (χ0n) is 26.4. The van der Waals surface area contributed by atoms with Crippen LogP contribution in [0.25, 0.3) is 11.2 Å². The molecule has 0 aromatic carbocycles. The number of nitrogen functional groups attached to an aromatic ring is 1. The molecule has 3 aliphatic carbocycles. The maximum atomic E-state index is 14.5. The first-order valence-electron chi connectivity index (χ1n) is 15.2. The molecule has 5 rings (SSSR count). The summed E-state index contributed by atoms with van der Waals surface area (Å²) in [6.45, 7) is 11.4. The molecule has 2 heterocycles. The lowest BCUT2D eigenvalue weighted by atomic mass is 9.45. The fourth-order valence-electron chi connectivity index (χ4n) is 5.79. The smallest absolute Gasteiger partial charge is 0.326 e. The Hall–Kier alpha value is -2.60. The van der Waals surface area contributed by atoms with Gasteiger partial charge in [-0.1, -0.05) is 26.2 Å². The van der Waals surface area contributed by atoms with E-state index < -0.39 is 36.6 Å². The molecule has 1 unspecified atom stereocenters. The van der Waals surface area contributed by atoms with Gasteiger partial charge >= 0.3 is 11.9 Å². The van der Waals surface area contributed by atoms with Crippen molar-refractivity contribution < 1.29 is 28.4 Å². The number of nitrogens with one attached hydrogen (secondary N) is 2. The Bertz CT molecular complexity index is 1330. The van der Waals surface area contributed by atoms with Crippen LogP contribution in [-0.2, 0) is 34.9 Å². The number of hydrogen-bond acceptors (Lipinski definition) is 10. The number of anilines is 1. The number of fused-ring (bicyclic) bond motifs is 1. The Kier molecular flexibility index (Phi) is 10.2.